The number of thioether (sulfide) groups is 1. The van der Waals surface area contributed by atoms with Gasteiger partial charge in [0.25, 0.3) is 5.91 Å². The molecule has 7 heteroatoms. The Hall–Kier alpha value is -2.85. The van der Waals surface area contributed by atoms with Crippen molar-refractivity contribution in [2.45, 2.75) is 49.7 Å². The number of carbonyl (C=O) groups excluding carboxylic acids is 2. The molecule has 1 aromatic carbocycles. The molecule has 0 bridgehead atoms. The Morgan fingerprint density at radius 1 is 1.33 bits per heavy atom. The molecule has 1 aromatic heterocycles. The number of amides is 1. The van der Waals surface area contributed by atoms with Crippen LogP contribution in [-0.4, -0.2) is 35.8 Å². The van der Waals surface area contributed by atoms with E-state index in [4.69, 9.17) is 4.74 Å². The maximum absolute atomic E-state index is 13.1. The molecule has 1 atom stereocenters. The smallest absolute Gasteiger partial charge is 0.340 e. The number of pyridine rings is 1. The van der Waals surface area contributed by atoms with Crippen LogP contribution in [0.1, 0.15) is 59.3 Å². The van der Waals surface area contributed by atoms with Gasteiger partial charge in [-0.15, -0.1) is 11.8 Å². The highest BCUT2D eigenvalue weighted by molar-refractivity contribution is 7.98. The molecule has 0 unspecified atom stereocenters. The summed E-state index contributed by atoms with van der Waals surface area (Å²) in [4.78, 5) is 32.2. The average Bonchev–Trinajstić information content (AvgIpc) is 3.62. The summed E-state index contributed by atoms with van der Waals surface area (Å²) in [5.74, 6) is -0.577. The van der Waals surface area contributed by atoms with Crippen LogP contribution < -0.4 is 4.90 Å². The minimum atomic E-state index is -0.953. The largest absolute Gasteiger partial charge is 0.449 e. The third-order valence-electron chi connectivity index (χ3n) is 5.53. The number of ether oxygens (including phenoxy) is 1. The van der Waals surface area contributed by atoms with E-state index in [-0.39, 0.29) is 17.0 Å². The van der Waals surface area contributed by atoms with Crippen molar-refractivity contribution in [3.8, 4) is 6.07 Å². The maximum Gasteiger partial charge on any atom is 0.340 e. The Balaban J connectivity index is 1.56. The van der Waals surface area contributed by atoms with E-state index >= 15 is 0 Å². The lowest BCUT2D eigenvalue weighted by atomic mass is 10.0. The first-order valence-corrected chi connectivity index (χ1v) is 11.3. The van der Waals surface area contributed by atoms with Crippen molar-refractivity contribution in [3.05, 3.63) is 52.7 Å². The molecule has 1 aliphatic carbocycles. The van der Waals surface area contributed by atoms with Crippen molar-refractivity contribution in [1.82, 2.24) is 4.98 Å². The molecule has 2 aliphatic rings. The average molecular weight is 422 g/mol. The molecule has 30 heavy (non-hydrogen) atoms. The van der Waals surface area contributed by atoms with Crippen LogP contribution in [0.2, 0.25) is 0 Å². The first-order chi connectivity index (χ1) is 14.5. The molecule has 0 N–H and O–H groups in total. The third kappa shape index (κ3) is 3.92. The summed E-state index contributed by atoms with van der Waals surface area (Å²) in [7, 11) is 0. The summed E-state index contributed by atoms with van der Waals surface area (Å²) in [6, 6.07) is 11.5. The van der Waals surface area contributed by atoms with Gasteiger partial charge in [0.05, 0.1) is 11.1 Å². The Morgan fingerprint density at radius 3 is 2.80 bits per heavy atom. The minimum Gasteiger partial charge on any atom is -0.449 e. The lowest BCUT2D eigenvalue weighted by Crippen LogP contribution is -2.42. The first kappa shape index (κ1) is 20.4. The second-order valence-electron chi connectivity index (χ2n) is 7.63. The van der Waals surface area contributed by atoms with E-state index in [0.717, 1.165) is 42.6 Å². The van der Waals surface area contributed by atoms with Gasteiger partial charge in [-0.1, -0.05) is 18.2 Å². The SMILES string of the molecule is CSc1nc(C2CC2)cc(C(=O)O[C@H](C)C(=O)N2CCCc3ccccc32)c1C#N. The molecule has 6 nitrogen and oxygen atoms in total. The summed E-state index contributed by atoms with van der Waals surface area (Å²) in [5.41, 5.74) is 3.21. The van der Waals surface area contributed by atoms with Crippen LogP contribution >= 0.6 is 11.8 Å². The highest BCUT2D eigenvalue weighted by atomic mass is 32.2. The van der Waals surface area contributed by atoms with Crippen LogP contribution in [0.5, 0.6) is 0 Å². The maximum atomic E-state index is 13.1. The number of benzene rings is 1. The van der Waals surface area contributed by atoms with Crippen LogP contribution in [-0.2, 0) is 16.0 Å². The fraction of sp³-hybridized carbons (Fsp3) is 0.391. The van der Waals surface area contributed by atoms with Gasteiger partial charge in [-0.2, -0.15) is 5.26 Å². The minimum absolute atomic E-state index is 0.192. The molecule has 2 aromatic rings. The first-order valence-electron chi connectivity index (χ1n) is 10.1. The molecule has 154 valence electrons. The second kappa shape index (κ2) is 8.49. The Morgan fingerprint density at radius 2 is 2.10 bits per heavy atom. The van der Waals surface area contributed by atoms with E-state index in [1.54, 1.807) is 17.9 Å². The van der Waals surface area contributed by atoms with Gasteiger partial charge in [0.1, 0.15) is 11.1 Å². The lowest BCUT2D eigenvalue weighted by molar-refractivity contribution is -0.126. The highest BCUT2D eigenvalue weighted by Gasteiger charge is 2.32. The molecule has 1 amide bonds. The number of nitrogens with zero attached hydrogens (tertiary/aromatic N) is 3. The number of hydrogen-bond acceptors (Lipinski definition) is 6. The number of anilines is 1. The molecule has 0 saturated heterocycles. The number of para-hydroxylation sites is 1. The van der Waals surface area contributed by atoms with Crippen LogP contribution in [0.15, 0.2) is 35.4 Å². The van der Waals surface area contributed by atoms with Crippen molar-refractivity contribution < 1.29 is 14.3 Å². The quantitative estimate of drug-likeness (QED) is 0.534. The number of rotatable bonds is 5. The predicted molar refractivity (Wildman–Crippen MR) is 115 cm³/mol. The van der Waals surface area contributed by atoms with Gasteiger partial charge in [-0.3, -0.25) is 4.79 Å². The molecular formula is C23H23N3O3S. The number of esters is 1. The Bertz CT molecular complexity index is 1040. The zero-order valence-corrected chi connectivity index (χ0v) is 17.9. The number of aromatic nitrogens is 1. The standard InChI is InChI=1S/C23H23N3O3S/c1-14(22(27)26-11-5-7-16-6-3-4-8-20(16)26)29-23(28)17-12-19(15-9-10-15)25-21(30-2)18(17)13-24/h3-4,6,8,12,14-15H,5,7,9-11H2,1-2H3/t14-/m1/s1. The van der Waals surface area contributed by atoms with Crippen molar-refractivity contribution in [2.75, 3.05) is 17.7 Å². The van der Waals surface area contributed by atoms with Crippen LogP contribution in [0.25, 0.3) is 0 Å². The van der Waals surface area contributed by atoms with Gasteiger partial charge >= 0.3 is 5.97 Å². The topological polar surface area (TPSA) is 83.3 Å². The zero-order valence-electron chi connectivity index (χ0n) is 17.1. The number of nitriles is 1. The van der Waals surface area contributed by atoms with Crippen molar-refractivity contribution in [3.63, 3.8) is 0 Å². The molecular weight excluding hydrogens is 398 g/mol. The zero-order chi connectivity index (χ0) is 21.3. The second-order valence-corrected chi connectivity index (χ2v) is 8.43. The Labute approximate surface area is 180 Å². The van der Waals surface area contributed by atoms with Gasteiger partial charge in [-0.05, 0) is 56.6 Å². The van der Waals surface area contributed by atoms with Gasteiger partial charge in [0.15, 0.2) is 6.10 Å². The summed E-state index contributed by atoms with van der Waals surface area (Å²) >= 11 is 1.33. The van der Waals surface area contributed by atoms with Crippen molar-refractivity contribution in [2.24, 2.45) is 0 Å². The molecule has 0 radical (unpaired) electrons. The molecule has 4 rings (SSSR count). The van der Waals surface area contributed by atoms with Crippen molar-refractivity contribution in [1.29, 1.82) is 5.26 Å². The Kier molecular flexibility index (Phi) is 5.78. The number of fused-ring (bicyclic) bond motifs is 1. The molecule has 0 spiro atoms. The summed E-state index contributed by atoms with van der Waals surface area (Å²) in [5, 5.41) is 10.1. The van der Waals surface area contributed by atoms with E-state index in [0.29, 0.717) is 17.5 Å². The predicted octanol–water partition coefficient (Wildman–Crippen LogP) is 4.08. The van der Waals surface area contributed by atoms with E-state index in [1.807, 2.05) is 30.5 Å². The van der Waals surface area contributed by atoms with Crippen molar-refractivity contribution >= 4 is 29.3 Å². The van der Waals surface area contributed by atoms with Gasteiger partial charge in [-0.25, -0.2) is 9.78 Å². The normalized spacial score (nSPS) is 16.4. The summed E-state index contributed by atoms with van der Waals surface area (Å²) in [6.45, 7) is 2.18. The van der Waals surface area contributed by atoms with E-state index in [2.05, 4.69) is 11.1 Å². The van der Waals surface area contributed by atoms with Gasteiger partial charge < -0.3 is 9.64 Å². The van der Waals surface area contributed by atoms with Crippen LogP contribution in [0.3, 0.4) is 0 Å². The monoisotopic (exact) mass is 421 g/mol. The summed E-state index contributed by atoms with van der Waals surface area (Å²) < 4.78 is 5.55. The molecule has 1 saturated carbocycles. The molecule has 2 heterocycles. The number of carbonyl (C=O) groups is 2. The van der Waals surface area contributed by atoms with Gasteiger partial charge in [0.2, 0.25) is 0 Å². The van der Waals surface area contributed by atoms with Crippen LogP contribution in [0, 0.1) is 11.3 Å². The van der Waals surface area contributed by atoms with Gasteiger partial charge in [0, 0.05) is 23.8 Å². The number of aryl methyl sites for hydroxylation is 1. The fourth-order valence-electron chi connectivity index (χ4n) is 3.80. The third-order valence-corrected chi connectivity index (χ3v) is 6.22. The van der Waals surface area contributed by atoms with Crippen LogP contribution in [0.4, 0.5) is 5.69 Å². The van der Waals surface area contributed by atoms with E-state index < -0.39 is 12.1 Å². The van der Waals surface area contributed by atoms with E-state index in [1.165, 1.54) is 11.8 Å². The number of hydrogen-bond donors (Lipinski definition) is 0. The highest BCUT2D eigenvalue weighted by Crippen LogP contribution is 2.40. The molecule has 1 aliphatic heterocycles. The molecule has 1 fully saturated rings. The fourth-order valence-corrected chi connectivity index (χ4v) is 4.36. The lowest BCUT2D eigenvalue weighted by Gasteiger charge is -2.31. The van der Waals surface area contributed by atoms with E-state index in [9.17, 15) is 14.9 Å². The summed E-state index contributed by atoms with van der Waals surface area (Å²) in [6.07, 6.45) is 4.74.